The summed E-state index contributed by atoms with van der Waals surface area (Å²) in [6.07, 6.45) is 3.67. The first kappa shape index (κ1) is 34.0. The molecule has 0 aliphatic carbocycles. The highest BCUT2D eigenvalue weighted by Gasteiger charge is 2.22. The number of carbonyl (C=O) groups excluding carboxylic acids is 2. The van der Waals surface area contributed by atoms with E-state index >= 15 is 0 Å². The lowest BCUT2D eigenvalue weighted by molar-refractivity contribution is 0.0997. The molecule has 2 amide bonds. The van der Waals surface area contributed by atoms with Gasteiger partial charge in [-0.25, -0.2) is 0 Å². The Balaban J connectivity index is 1.01. The largest absolute Gasteiger partial charge is 0.493 e. The molecule has 0 atom stereocenters. The Morgan fingerprint density at radius 2 is 1.52 bits per heavy atom. The van der Waals surface area contributed by atoms with Gasteiger partial charge in [-0.2, -0.15) is 0 Å². The van der Waals surface area contributed by atoms with Crippen molar-refractivity contribution in [3.63, 3.8) is 0 Å². The molecule has 2 N–H and O–H groups in total. The number of amides is 2. The van der Waals surface area contributed by atoms with Gasteiger partial charge in [0.25, 0.3) is 11.8 Å². The first-order valence-electron chi connectivity index (χ1n) is 16.9. The number of nitrogens with one attached hydrogen (secondary N) is 2. The molecule has 1 aliphatic heterocycles. The molecule has 52 heavy (non-hydrogen) atoms. The maximum absolute atomic E-state index is 13.7. The standard InChI is InChI=1S/C41H37N5O6/c1-50-37-22-33(34(23-38(37)51-2)44-41(49)39-24-35(47)32-10-3-4-11-36(32)52-39)40(48)43-30-12-14-31(15-13-30)46-19-17-45(18-20-46)26-27-7-5-8-28(21-27)29-9-6-16-42-25-29/h3-16,21-25H,17-20,26H2,1-2H3,(H,43,48)(H,44,49). The van der Waals surface area contributed by atoms with Gasteiger partial charge >= 0.3 is 0 Å². The lowest BCUT2D eigenvalue weighted by atomic mass is 10.0. The van der Waals surface area contributed by atoms with E-state index in [4.69, 9.17) is 13.9 Å². The molecule has 0 saturated carbocycles. The van der Waals surface area contributed by atoms with E-state index in [1.54, 1.807) is 30.5 Å². The SMILES string of the molecule is COc1cc(NC(=O)c2cc(=O)c3ccccc3o2)c(C(=O)Nc2ccc(N3CCN(Cc4cccc(-c5cccnc5)c4)CC3)cc2)cc1OC. The summed E-state index contributed by atoms with van der Waals surface area (Å²) in [7, 11) is 2.91. The Kier molecular flexibility index (Phi) is 9.94. The smallest absolute Gasteiger partial charge is 0.291 e. The molecule has 3 heterocycles. The second kappa shape index (κ2) is 15.2. The Morgan fingerprint density at radius 3 is 2.27 bits per heavy atom. The van der Waals surface area contributed by atoms with Crippen LogP contribution in [0.2, 0.25) is 0 Å². The third kappa shape index (κ3) is 7.49. The fourth-order valence-electron chi connectivity index (χ4n) is 6.33. The molecule has 0 spiro atoms. The number of rotatable bonds is 10. The molecule has 1 fully saturated rings. The van der Waals surface area contributed by atoms with Crippen molar-refractivity contribution in [2.24, 2.45) is 0 Å². The second-order valence-corrected chi connectivity index (χ2v) is 12.4. The van der Waals surface area contributed by atoms with Crippen LogP contribution in [0.15, 0.2) is 125 Å². The molecule has 11 nitrogen and oxygen atoms in total. The molecular weight excluding hydrogens is 658 g/mol. The zero-order chi connectivity index (χ0) is 36.0. The number of carbonyl (C=O) groups is 2. The molecule has 0 unspecified atom stereocenters. The van der Waals surface area contributed by atoms with Gasteiger partial charge in [-0.05, 0) is 71.3 Å². The van der Waals surface area contributed by atoms with E-state index in [0.29, 0.717) is 22.6 Å². The molecule has 262 valence electrons. The number of hydrogen-bond acceptors (Lipinski definition) is 9. The number of ether oxygens (including phenoxy) is 2. The van der Waals surface area contributed by atoms with Crippen LogP contribution in [0.5, 0.6) is 11.5 Å². The van der Waals surface area contributed by atoms with Gasteiger partial charge in [0.2, 0.25) is 0 Å². The minimum Gasteiger partial charge on any atom is -0.493 e. The molecule has 1 aliphatic rings. The maximum atomic E-state index is 13.7. The second-order valence-electron chi connectivity index (χ2n) is 12.4. The number of para-hydroxylation sites is 1. The number of anilines is 3. The van der Waals surface area contributed by atoms with Crippen LogP contribution in [0, 0.1) is 0 Å². The van der Waals surface area contributed by atoms with Gasteiger partial charge < -0.3 is 29.4 Å². The molecule has 11 heteroatoms. The molecule has 2 aromatic heterocycles. The van der Waals surface area contributed by atoms with Gasteiger partial charge in [0, 0.05) is 68.6 Å². The van der Waals surface area contributed by atoms with Crippen LogP contribution < -0.4 is 30.4 Å². The predicted octanol–water partition coefficient (Wildman–Crippen LogP) is 6.70. The van der Waals surface area contributed by atoms with Gasteiger partial charge in [-0.15, -0.1) is 0 Å². The summed E-state index contributed by atoms with van der Waals surface area (Å²) in [4.78, 5) is 48.7. The monoisotopic (exact) mass is 695 g/mol. The number of fused-ring (bicyclic) bond motifs is 1. The Bertz CT molecular complexity index is 2280. The van der Waals surface area contributed by atoms with Crippen LogP contribution in [0.25, 0.3) is 22.1 Å². The van der Waals surface area contributed by atoms with E-state index in [1.807, 2.05) is 36.5 Å². The van der Waals surface area contributed by atoms with Crippen LogP contribution in [0.1, 0.15) is 26.5 Å². The Labute approximate surface area is 300 Å². The summed E-state index contributed by atoms with van der Waals surface area (Å²) in [5.41, 5.74) is 5.38. The van der Waals surface area contributed by atoms with Crippen molar-refractivity contribution in [2.45, 2.75) is 6.54 Å². The molecule has 1 saturated heterocycles. The summed E-state index contributed by atoms with van der Waals surface area (Å²) < 4.78 is 16.6. The first-order valence-corrected chi connectivity index (χ1v) is 16.9. The van der Waals surface area contributed by atoms with Crippen molar-refractivity contribution in [2.75, 3.05) is 55.9 Å². The molecule has 0 radical (unpaired) electrons. The van der Waals surface area contributed by atoms with Gasteiger partial charge in [-0.3, -0.25) is 24.3 Å². The fraction of sp³-hybridized carbons (Fsp3) is 0.171. The quantitative estimate of drug-likeness (QED) is 0.161. The van der Waals surface area contributed by atoms with Crippen LogP contribution in [0.4, 0.5) is 17.1 Å². The number of benzene rings is 4. The van der Waals surface area contributed by atoms with E-state index in [1.165, 1.54) is 37.5 Å². The summed E-state index contributed by atoms with van der Waals surface area (Å²) in [6.45, 7) is 4.47. The van der Waals surface area contributed by atoms with Crippen LogP contribution in [0.3, 0.4) is 0 Å². The van der Waals surface area contributed by atoms with Crippen molar-refractivity contribution in [1.29, 1.82) is 0 Å². The lowest BCUT2D eigenvalue weighted by Gasteiger charge is -2.36. The fourth-order valence-corrected chi connectivity index (χ4v) is 6.33. The van der Waals surface area contributed by atoms with Crippen molar-refractivity contribution in [3.05, 3.63) is 143 Å². The average Bonchev–Trinajstić information content (AvgIpc) is 3.18. The third-order valence-corrected chi connectivity index (χ3v) is 9.07. The molecule has 7 rings (SSSR count). The predicted molar refractivity (Wildman–Crippen MR) is 202 cm³/mol. The zero-order valence-corrected chi connectivity index (χ0v) is 28.8. The topological polar surface area (TPSA) is 126 Å². The van der Waals surface area contributed by atoms with Crippen molar-refractivity contribution >= 4 is 39.8 Å². The Morgan fingerprint density at radius 1 is 0.769 bits per heavy atom. The zero-order valence-electron chi connectivity index (χ0n) is 28.8. The highest BCUT2D eigenvalue weighted by Crippen LogP contribution is 2.34. The maximum Gasteiger partial charge on any atom is 0.291 e. The van der Waals surface area contributed by atoms with E-state index in [-0.39, 0.29) is 28.0 Å². The van der Waals surface area contributed by atoms with E-state index in [0.717, 1.165) is 50.0 Å². The van der Waals surface area contributed by atoms with Crippen molar-refractivity contribution in [3.8, 4) is 22.6 Å². The first-order chi connectivity index (χ1) is 25.4. The average molecular weight is 696 g/mol. The number of pyridine rings is 1. The summed E-state index contributed by atoms with van der Waals surface area (Å²) in [5, 5.41) is 5.99. The molecule has 0 bridgehead atoms. The Hall–Kier alpha value is -6.46. The van der Waals surface area contributed by atoms with Crippen LogP contribution in [-0.2, 0) is 6.54 Å². The molecule has 6 aromatic rings. The molecular formula is C41H37N5O6. The highest BCUT2D eigenvalue weighted by atomic mass is 16.5. The van der Waals surface area contributed by atoms with Crippen molar-refractivity contribution < 1.29 is 23.5 Å². The normalized spacial score (nSPS) is 13.1. The van der Waals surface area contributed by atoms with Crippen LogP contribution in [-0.4, -0.2) is 62.1 Å². The highest BCUT2D eigenvalue weighted by molar-refractivity contribution is 6.12. The van der Waals surface area contributed by atoms with E-state index in [9.17, 15) is 14.4 Å². The lowest BCUT2D eigenvalue weighted by Crippen LogP contribution is -2.45. The van der Waals surface area contributed by atoms with Gasteiger partial charge in [0.1, 0.15) is 5.58 Å². The van der Waals surface area contributed by atoms with E-state index < -0.39 is 11.8 Å². The van der Waals surface area contributed by atoms with Crippen molar-refractivity contribution in [1.82, 2.24) is 9.88 Å². The number of nitrogens with zero attached hydrogens (tertiary/aromatic N) is 3. The number of methoxy groups -OCH3 is 2. The minimum absolute atomic E-state index is 0.125. The van der Waals surface area contributed by atoms with Gasteiger partial charge in [-0.1, -0.05) is 36.4 Å². The van der Waals surface area contributed by atoms with Gasteiger partial charge in [0.15, 0.2) is 22.7 Å². The number of piperazine rings is 1. The summed E-state index contributed by atoms with van der Waals surface area (Å²) >= 11 is 0. The third-order valence-electron chi connectivity index (χ3n) is 9.07. The minimum atomic E-state index is -0.702. The number of hydrogen-bond donors (Lipinski definition) is 2. The van der Waals surface area contributed by atoms with Gasteiger partial charge in [0.05, 0.1) is 30.9 Å². The summed E-state index contributed by atoms with van der Waals surface area (Å²) in [5.74, 6) is -0.774. The molecule has 4 aromatic carbocycles. The van der Waals surface area contributed by atoms with Crippen LogP contribution >= 0.6 is 0 Å². The summed E-state index contributed by atoms with van der Waals surface area (Å²) in [6, 6.07) is 31.1. The number of aromatic nitrogens is 1. The van der Waals surface area contributed by atoms with E-state index in [2.05, 4.69) is 55.7 Å².